The van der Waals surface area contributed by atoms with Gasteiger partial charge < -0.3 is 14.8 Å². The van der Waals surface area contributed by atoms with Gasteiger partial charge in [0.05, 0.1) is 24.5 Å². The molecule has 0 bridgehead atoms. The molecule has 1 unspecified atom stereocenters. The highest BCUT2D eigenvalue weighted by molar-refractivity contribution is 8.14. The Morgan fingerprint density at radius 1 is 1.33 bits per heavy atom. The van der Waals surface area contributed by atoms with Crippen LogP contribution in [0.4, 0.5) is 5.69 Å². The molecule has 1 aromatic heterocycles. The van der Waals surface area contributed by atoms with E-state index in [1.165, 1.54) is 36.7 Å². The van der Waals surface area contributed by atoms with Gasteiger partial charge in [-0.05, 0) is 36.4 Å². The first-order chi connectivity index (χ1) is 12.9. The van der Waals surface area contributed by atoms with Crippen LogP contribution in [0.3, 0.4) is 0 Å². The van der Waals surface area contributed by atoms with Crippen molar-refractivity contribution in [3.05, 3.63) is 54.0 Å². The maximum Gasteiger partial charge on any atom is 0.335 e. The third-order valence-corrected chi connectivity index (χ3v) is 4.64. The first kappa shape index (κ1) is 18.4. The number of thioether (sulfide) groups is 1. The molecule has 1 aromatic carbocycles. The number of aromatic carboxylic acids is 1. The quantitative estimate of drug-likeness (QED) is 0.674. The Kier molecular flexibility index (Phi) is 5.36. The highest BCUT2D eigenvalue weighted by atomic mass is 32.2. The van der Waals surface area contributed by atoms with Gasteiger partial charge in [0, 0.05) is 5.69 Å². The zero-order chi connectivity index (χ0) is 19.4. The fraction of sp³-hybridized carbons (Fsp3) is 0.118. The Hall–Kier alpha value is -3.40. The number of carbonyl (C=O) groups excluding carboxylic acids is 2. The van der Waals surface area contributed by atoms with Gasteiger partial charge in [-0.2, -0.15) is 10.1 Å². The van der Waals surface area contributed by atoms with E-state index < -0.39 is 23.0 Å². The van der Waals surface area contributed by atoms with Gasteiger partial charge in [0.2, 0.25) is 5.91 Å². The number of benzene rings is 1. The average molecular weight is 386 g/mol. The number of nitrogens with zero attached hydrogens (tertiary/aromatic N) is 2. The summed E-state index contributed by atoms with van der Waals surface area (Å²) >= 11 is 0.909. The number of carbonyl (C=O) groups is 3. The summed E-state index contributed by atoms with van der Waals surface area (Å²) in [6, 6.07) is 8.97. The molecule has 3 N–H and O–H groups in total. The maximum atomic E-state index is 12.4. The molecule has 1 atom stereocenters. The molecule has 2 aromatic rings. The molecule has 2 heterocycles. The van der Waals surface area contributed by atoms with E-state index in [1.54, 1.807) is 12.1 Å². The lowest BCUT2D eigenvalue weighted by molar-refractivity contribution is -0.129. The standard InChI is InChI=1S/C17H14N4O5S/c18-17-21(19-9-12-2-1-7-26-12)14(22)8-13(27-17)15(23)20-11-5-3-10(4-6-11)16(24)25/h1-7,9,13,18H,8H2,(H,20,23)(H,24,25). The van der Waals surface area contributed by atoms with Crippen LogP contribution in [-0.4, -0.2) is 44.5 Å². The molecule has 2 amide bonds. The topological polar surface area (TPSA) is 136 Å². The van der Waals surface area contributed by atoms with Gasteiger partial charge in [-0.25, -0.2) is 4.79 Å². The Morgan fingerprint density at radius 2 is 2.07 bits per heavy atom. The molecule has 9 nitrogen and oxygen atoms in total. The largest absolute Gasteiger partial charge is 0.478 e. The van der Waals surface area contributed by atoms with Crippen molar-refractivity contribution in [2.24, 2.45) is 5.10 Å². The summed E-state index contributed by atoms with van der Waals surface area (Å²) in [5.74, 6) is -1.56. The number of hydrazone groups is 1. The smallest absolute Gasteiger partial charge is 0.335 e. The number of amidine groups is 1. The van der Waals surface area contributed by atoms with Crippen molar-refractivity contribution >= 4 is 46.6 Å². The molecule has 0 radical (unpaired) electrons. The molecule has 0 saturated carbocycles. The number of anilines is 1. The summed E-state index contributed by atoms with van der Waals surface area (Å²) in [5, 5.41) is 23.3. The van der Waals surface area contributed by atoms with E-state index in [0.29, 0.717) is 11.4 Å². The Balaban J connectivity index is 1.62. The predicted octanol–water partition coefficient (Wildman–Crippen LogP) is 2.22. The van der Waals surface area contributed by atoms with Gasteiger partial charge in [0.15, 0.2) is 5.17 Å². The van der Waals surface area contributed by atoms with Gasteiger partial charge in [0.1, 0.15) is 11.0 Å². The third-order valence-electron chi connectivity index (χ3n) is 3.58. The number of carboxylic acids is 1. The fourth-order valence-corrected chi connectivity index (χ4v) is 3.16. The maximum absolute atomic E-state index is 12.4. The van der Waals surface area contributed by atoms with Crippen molar-refractivity contribution in [3.8, 4) is 0 Å². The number of carboxylic acid groups (broad SMARTS) is 1. The summed E-state index contributed by atoms with van der Waals surface area (Å²) in [7, 11) is 0. The monoisotopic (exact) mass is 386 g/mol. The molecular weight excluding hydrogens is 372 g/mol. The summed E-state index contributed by atoms with van der Waals surface area (Å²) in [6.45, 7) is 0. The van der Waals surface area contributed by atoms with Crippen LogP contribution in [0.1, 0.15) is 22.5 Å². The summed E-state index contributed by atoms with van der Waals surface area (Å²) in [6.07, 6.45) is 2.65. The second-order valence-electron chi connectivity index (χ2n) is 5.45. The molecule has 1 aliphatic rings. The van der Waals surface area contributed by atoms with E-state index in [-0.39, 0.29) is 17.2 Å². The van der Waals surface area contributed by atoms with Crippen molar-refractivity contribution in [1.82, 2.24) is 5.01 Å². The van der Waals surface area contributed by atoms with Crippen LogP contribution in [0.25, 0.3) is 0 Å². The van der Waals surface area contributed by atoms with Gasteiger partial charge in [-0.15, -0.1) is 0 Å². The Bertz CT molecular complexity index is 890. The second kappa shape index (κ2) is 7.87. The van der Waals surface area contributed by atoms with E-state index in [4.69, 9.17) is 14.9 Å². The lowest BCUT2D eigenvalue weighted by Gasteiger charge is -2.27. The molecule has 27 heavy (non-hydrogen) atoms. The van der Waals surface area contributed by atoms with Crippen molar-refractivity contribution < 1.29 is 23.9 Å². The van der Waals surface area contributed by atoms with Crippen LogP contribution in [-0.2, 0) is 9.59 Å². The number of hydrogen-bond acceptors (Lipinski definition) is 7. The molecular formula is C17H14N4O5S. The van der Waals surface area contributed by atoms with Gasteiger partial charge in [-0.3, -0.25) is 15.0 Å². The van der Waals surface area contributed by atoms with Crippen LogP contribution in [0, 0.1) is 5.41 Å². The first-order valence-electron chi connectivity index (χ1n) is 7.74. The minimum absolute atomic E-state index is 0.0991. The average Bonchev–Trinajstić information content (AvgIpc) is 3.14. The molecule has 0 spiro atoms. The van der Waals surface area contributed by atoms with Crippen LogP contribution in [0.5, 0.6) is 0 Å². The molecule has 1 saturated heterocycles. The lowest BCUT2D eigenvalue weighted by Crippen LogP contribution is -2.42. The van der Waals surface area contributed by atoms with Gasteiger partial charge in [0.25, 0.3) is 5.91 Å². The number of hydrogen-bond donors (Lipinski definition) is 3. The molecule has 3 rings (SSSR count). The zero-order valence-electron chi connectivity index (χ0n) is 13.8. The van der Waals surface area contributed by atoms with Crippen LogP contribution in [0.2, 0.25) is 0 Å². The zero-order valence-corrected chi connectivity index (χ0v) is 14.6. The van der Waals surface area contributed by atoms with E-state index >= 15 is 0 Å². The Labute approximate surface area is 157 Å². The second-order valence-corrected chi connectivity index (χ2v) is 6.64. The van der Waals surface area contributed by atoms with Crippen molar-refractivity contribution in [1.29, 1.82) is 5.41 Å². The van der Waals surface area contributed by atoms with E-state index in [1.807, 2.05) is 0 Å². The van der Waals surface area contributed by atoms with E-state index in [9.17, 15) is 14.4 Å². The Morgan fingerprint density at radius 3 is 2.67 bits per heavy atom. The van der Waals surface area contributed by atoms with Crippen molar-refractivity contribution in [2.45, 2.75) is 11.7 Å². The van der Waals surface area contributed by atoms with Crippen molar-refractivity contribution in [3.63, 3.8) is 0 Å². The SMILES string of the molecule is N=C1SC(C(=O)Nc2ccc(C(=O)O)cc2)CC(=O)N1N=Cc1ccco1. The number of nitrogens with one attached hydrogen (secondary N) is 2. The molecule has 1 aliphatic heterocycles. The molecule has 138 valence electrons. The van der Waals surface area contributed by atoms with Gasteiger partial charge in [-0.1, -0.05) is 11.8 Å². The minimum Gasteiger partial charge on any atom is -0.478 e. The highest BCUT2D eigenvalue weighted by Gasteiger charge is 2.35. The number of rotatable bonds is 5. The van der Waals surface area contributed by atoms with Crippen LogP contribution >= 0.6 is 11.8 Å². The minimum atomic E-state index is -1.06. The first-order valence-corrected chi connectivity index (χ1v) is 8.62. The summed E-state index contributed by atoms with van der Waals surface area (Å²) < 4.78 is 5.08. The highest BCUT2D eigenvalue weighted by Crippen LogP contribution is 2.27. The van der Waals surface area contributed by atoms with Gasteiger partial charge >= 0.3 is 5.97 Å². The predicted molar refractivity (Wildman–Crippen MR) is 98.9 cm³/mol. The summed E-state index contributed by atoms with van der Waals surface area (Å²) in [4.78, 5) is 35.4. The molecule has 0 aliphatic carbocycles. The van der Waals surface area contributed by atoms with E-state index in [0.717, 1.165) is 16.8 Å². The number of amides is 2. The molecule has 10 heteroatoms. The lowest BCUT2D eigenvalue weighted by atomic mass is 10.2. The van der Waals surface area contributed by atoms with Crippen LogP contribution in [0.15, 0.2) is 52.2 Å². The number of furan rings is 1. The third kappa shape index (κ3) is 4.42. The fourth-order valence-electron chi connectivity index (χ4n) is 2.25. The van der Waals surface area contributed by atoms with E-state index in [2.05, 4.69) is 10.4 Å². The molecule has 1 fully saturated rings. The summed E-state index contributed by atoms with van der Waals surface area (Å²) in [5.41, 5.74) is 0.505. The van der Waals surface area contributed by atoms with Crippen LogP contribution < -0.4 is 5.32 Å². The normalized spacial score (nSPS) is 17.3. The van der Waals surface area contributed by atoms with Crippen molar-refractivity contribution in [2.75, 3.05) is 5.32 Å².